The van der Waals surface area contributed by atoms with E-state index in [4.69, 9.17) is 5.11 Å². The van der Waals surface area contributed by atoms with Crippen molar-refractivity contribution < 1.29 is 5.11 Å². The summed E-state index contributed by atoms with van der Waals surface area (Å²) in [5.41, 5.74) is 0. The molecule has 96 valence electrons. The highest BCUT2D eigenvalue weighted by Gasteiger charge is 2.17. The molecule has 1 rings (SSSR count). The summed E-state index contributed by atoms with van der Waals surface area (Å²) in [6.07, 6.45) is 5.98. The maximum Gasteiger partial charge on any atom is 0.0434 e. The van der Waals surface area contributed by atoms with Crippen LogP contribution in [0.25, 0.3) is 0 Å². The van der Waals surface area contributed by atoms with Crippen LogP contribution in [0.2, 0.25) is 0 Å². The lowest BCUT2D eigenvalue weighted by atomic mass is 10.0. The minimum atomic E-state index is 0.318. The molecule has 0 bridgehead atoms. The van der Waals surface area contributed by atoms with E-state index >= 15 is 0 Å². The van der Waals surface area contributed by atoms with E-state index in [0.29, 0.717) is 18.6 Å². The number of hydrogen-bond donors (Lipinski definition) is 3. The van der Waals surface area contributed by atoms with Gasteiger partial charge in [-0.25, -0.2) is 0 Å². The third-order valence-electron chi connectivity index (χ3n) is 3.67. The molecule has 16 heavy (non-hydrogen) atoms. The molecule has 0 radical (unpaired) electrons. The van der Waals surface area contributed by atoms with E-state index in [0.717, 1.165) is 25.4 Å². The zero-order valence-electron chi connectivity index (χ0n) is 10.8. The second-order valence-corrected chi connectivity index (χ2v) is 5.12. The Kier molecular flexibility index (Phi) is 7.01. The predicted octanol–water partition coefficient (Wildman–Crippen LogP) is 1.52. The molecule has 1 fully saturated rings. The minimum absolute atomic E-state index is 0.318. The van der Waals surface area contributed by atoms with Crippen molar-refractivity contribution in [3.05, 3.63) is 0 Å². The average molecular weight is 228 g/mol. The van der Waals surface area contributed by atoms with Crippen molar-refractivity contribution >= 4 is 0 Å². The molecule has 0 amide bonds. The van der Waals surface area contributed by atoms with Crippen LogP contribution in [0.5, 0.6) is 0 Å². The Balaban J connectivity index is 2.10. The summed E-state index contributed by atoms with van der Waals surface area (Å²) in [5.74, 6) is 0.629. The molecule has 3 heteroatoms. The van der Waals surface area contributed by atoms with Gasteiger partial charge < -0.3 is 15.7 Å². The highest BCUT2D eigenvalue weighted by Crippen LogP contribution is 2.12. The Morgan fingerprint density at radius 3 is 2.88 bits per heavy atom. The van der Waals surface area contributed by atoms with Crippen LogP contribution < -0.4 is 10.6 Å². The molecule has 3 N–H and O–H groups in total. The molecule has 0 spiro atoms. The van der Waals surface area contributed by atoms with Gasteiger partial charge in [0.15, 0.2) is 0 Å². The number of nitrogens with one attached hydrogen (secondary N) is 2. The van der Waals surface area contributed by atoms with Crippen molar-refractivity contribution in [1.82, 2.24) is 10.6 Å². The van der Waals surface area contributed by atoms with Crippen molar-refractivity contribution in [1.29, 1.82) is 0 Å². The summed E-state index contributed by atoms with van der Waals surface area (Å²) in [7, 11) is 0. The van der Waals surface area contributed by atoms with Crippen LogP contribution >= 0.6 is 0 Å². The zero-order chi connectivity index (χ0) is 11.8. The number of hydrogen-bond acceptors (Lipinski definition) is 3. The lowest BCUT2D eigenvalue weighted by Crippen LogP contribution is -2.36. The standard InChI is InChI=1S/C13H28N2O/c1-3-12(6-8-16)10-15-11(2)9-13-5-4-7-14-13/h11-16H,3-10H2,1-2H3. The molecule has 1 heterocycles. The molecular weight excluding hydrogens is 200 g/mol. The first-order valence-corrected chi connectivity index (χ1v) is 6.83. The van der Waals surface area contributed by atoms with Crippen molar-refractivity contribution in [2.24, 2.45) is 5.92 Å². The largest absolute Gasteiger partial charge is 0.396 e. The Bertz CT molecular complexity index is 169. The van der Waals surface area contributed by atoms with Gasteiger partial charge in [-0.1, -0.05) is 13.3 Å². The second kappa shape index (κ2) is 8.04. The molecule has 3 unspecified atom stereocenters. The van der Waals surface area contributed by atoms with E-state index in [-0.39, 0.29) is 0 Å². The molecule has 0 saturated carbocycles. The van der Waals surface area contributed by atoms with Gasteiger partial charge in [-0.15, -0.1) is 0 Å². The summed E-state index contributed by atoms with van der Waals surface area (Å²) in [5, 5.41) is 16.1. The molecule has 1 aliphatic heterocycles. The summed E-state index contributed by atoms with van der Waals surface area (Å²) in [6, 6.07) is 1.31. The van der Waals surface area contributed by atoms with Crippen LogP contribution in [-0.2, 0) is 0 Å². The fourth-order valence-corrected chi connectivity index (χ4v) is 2.47. The van der Waals surface area contributed by atoms with Crippen LogP contribution in [0.3, 0.4) is 0 Å². The van der Waals surface area contributed by atoms with Gasteiger partial charge in [-0.2, -0.15) is 0 Å². The van der Waals surface area contributed by atoms with E-state index in [1.807, 2.05) is 0 Å². The van der Waals surface area contributed by atoms with E-state index in [9.17, 15) is 0 Å². The van der Waals surface area contributed by atoms with Crippen LogP contribution in [0, 0.1) is 5.92 Å². The first kappa shape index (κ1) is 13.9. The molecule has 3 nitrogen and oxygen atoms in total. The first-order chi connectivity index (χ1) is 7.76. The molecule has 1 aliphatic rings. The monoisotopic (exact) mass is 228 g/mol. The summed E-state index contributed by atoms with van der Waals surface area (Å²) in [6.45, 7) is 7.03. The maximum atomic E-state index is 8.93. The topological polar surface area (TPSA) is 44.3 Å². The van der Waals surface area contributed by atoms with Crippen molar-refractivity contribution in [3.8, 4) is 0 Å². The smallest absolute Gasteiger partial charge is 0.0434 e. The Morgan fingerprint density at radius 2 is 2.31 bits per heavy atom. The minimum Gasteiger partial charge on any atom is -0.396 e. The van der Waals surface area contributed by atoms with E-state index in [2.05, 4.69) is 24.5 Å². The third kappa shape index (κ3) is 5.28. The van der Waals surface area contributed by atoms with E-state index < -0.39 is 0 Å². The number of aliphatic hydroxyl groups is 1. The summed E-state index contributed by atoms with van der Waals surface area (Å²) < 4.78 is 0. The van der Waals surface area contributed by atoms with Crippen LogP contribution in [0.4, 0.5) is 0 Å². The third-order valence-corrected chi connectivity index (χ3v) is 3.67. The molecule has 1 saturated heterocycles. The van der Waals surface area contributed by atoms with Crippen LogP contribution in [0.15, 0.2) is 0 Å². The Morgan fingerprint density at radius 1 is 1.50 bits per heavy atom. The summed E-state index contributed by atoms with van der Waals surface area (Å²) in [4.78, 5) is 0. The quantitative estimate of drug-likeness (QED) is 0.590. The first-order valence-electron chi connectivity index (χ1n) is 6.83. The zero-order valence-corrected chi connectivity index (χ0v) is 10.8. The Labute approximate surface area is 100 Å². The van der Waals surface area contributed by atoms with Crippen LogP contribution in [0.1, 0.15) is 46.0 Å². The van der Waals surface area contributed by atoms with Gasteiger partial charge in [0.05, 0.1) is 0 Å². The second-order valence-electron chi connectivity index (χ2n) is 5.12. The van der Waals surface area contributed by atoms with Crippen molar-refractivity contribution in [3.63, 3.8) is 0 Å². The maximum absolute atomic E-state index is 8.93. The number of rotatable bonds is 8. The normalized spacial score (nSPS) is 24.6. The van der Waals surface area contributed by atoms with Gasteiger partial charge in [0.25, 0.3) is 0 Å². The fourth-order valence-electron chi connectivity index (χ4n) is 2.47. The molecule has 0 aromatic rings. The predicted molar refractivity (Wildman–Crippen MR) is 68.6 cm³/mol. The molecule has 0 aromatic carbocycles. The molecular formula is C13H28N2O. The average Bonchev–Trinajstić information content (AvgIpc) is 2.76. The highest BCUT2D eigenvalue weighted by atomic mass is 16.3. The SMILES string of the molecule is CCC(CCO)CNC(C)CC1CCCN1. The molecule has 0 aliphatic carbocycles. The van der Waals surface area contributed by atoms with Gasteiger partial charge in [-0.05, 0) is 51.6 Å². The van der Waals surface area contributed by atoms with Gasteiger partial charge in [0.2, 0.25) is 0 Å². The molecule has 3 atom stereocenters. The number of aliphatic hydroxyl groups excluding tert-OH is 1. The van der Waals surface area contributed by atoms with Gasteiger partial charge in [-0.3, -0.25) is 0 Å². The van der Waals surface area contributed by atoms with E-state index in [1.54, 1.807) is 0 Å². The van der Waals surface area contributed by atoms with Crippen molar-refractivity contribution in [2.75, 3.05) is 19.7 Å². The Hall–Kier alpha value is -0.120. The van der Waals surface area contributed by atoms with Crippen LogP contribution in [-0.4, -0.2) is 36.9 Å². The lowest BCUT2D eigenvalue weighted by molar-refractivity contribution is 0.247. The van der Waals surface area contributed by atoms with Gasteiger partial charge >= 0.3 is 0 Å². The lowest BCUT2D eigenvalue weighted by Gasteiger charge is -2.21. The summed E-state index contributed by atoms with van der Waals surface area (Å²) >= 11 is 0. The van der Waals surface area contributed by atoms with Crippen molar-refractivity contribution in [2.45, 2.75) is 58.0 Å². The molecule has 0 aromatic heterocycles. The van der Waals surface area contributed by atoms with E-state index in [1.165, 1.54) is 25.8 Å². The fraction of sp³-hybridized carbons (Fsp3) is 1.00. The van der Waals surface area contributed by atoms with Gasteiger partial charge in [0, 0.05) is 18.7 Å². The highest BCUT2D eigenvalue weighted by molar-refractivity contribution is 4.79. The van der Waals surface area contributed by atoms with Gasteiger partial charge in [0.1, 0.15) is 0 Å².